The van der Waals surface area contributed by atoms with E-state index in [9.17, 15) is 4.79 Å². The molecule has 0 aliphatic carbocycles. The van der Waals surface area contributed by atoms with Gasteiger partial charge in [0.25, 0.3) is 0 Å². The molecule has 0 saturated carbocycles. The van der Waals surface area contributed by atoms with Gasteiger partial charge in [0.2, 0.25) is 5.91 Å². The molecule has 17 heavy (non-hydrogen) atoms. The van der Waals surface area contributed by atoms with E-state index < -0.39 is 0 Å². The summed E-state index contributed by atoms with van der Waals surface area (Å²) in [4.78, 5) is 23.4. The molecule has 1 aliphatic heterocycles. The maximum absolute atomic E-state index is 11.4. The van der Waals surface area contributed by atoms with Gasteiger partial charge in [-0.1, -0.05) is 6.58 Å². The summed E-state index contributed by atoms with van der Waals surface area (Å²) in [6, 6.07) is 0. The minimum atomic E-state index is -0.0308. The van der Waals surface area contributed by atoms with Crippen LogP contribution in [0.1, 0.15) is 0 Å². The number of anilines is 2. The monoisotopic (exact) mass is 233 g/mol. The van der Waals surface area contributed by atoms with E-state index in [0.29, 0.717) is 37.8 Å². The Kier molecular flexibility index (Phi) is 3.22. The van der Waals surface area contributed by atoms with E-state index in [4.69, 9.17) is 5.73 Å². The van der Waals surface area contributed by atoms with E-state index in [-0.39, 0.29) is 5.91 Å². The van der Waals surface area contributed by atoms with Crippen molar-refractivity contribution in [3.8, 4) is 0 Å². The molecule has 0 radical (unpaired) electrons. The molecule has 0 aromatic carbocycles. The molecular weight excluding hydrogens is 218 g/mol. The molecule has 1 amide bonds. The highest BCUT2D eigenvalue weighted by Crippen LogP contribution is 2.18. The topological polar surface area (TPSA) is 75.4 Å². The Morgan fingerprint density at radius 2 is 1.94 bits per heavy atom. The molecule has 1 aliphatic rings. The van der Waals surface area contributed by atoms with Crippen molar-refractivity contribution in [3.63, 3.8) is 0 Å². The molecule has 6 nitrogen and oxygen atoms in total. The van der Waals surface area contributed by atoms with Crippen LogP contribution in [0.5, 0.6) is 0 Å². The second-order valence-corrected chi connectivity index (χ2v) is 3.78. The van der Waals surface area contributed by atoms with Gasteiger partial charge in [0.05, 0.1) is 0 Å². The van der Waals surface area contributed by atoms with Crippen LogP contribution < -0.4 is 10.6 Å². The molecular formula is C11H15N5O. The lowest BCUT2D eigenvalue weighted by molar-refractivity contribution is -0.126. The lowest BCUT2D eigenvalue weighted by atomic mass is 10.3. The van der Waals surface area contributed by atoms with E-state index in [0.717, 1.165) is 0 Å². The predicted octanol–water partition coefficient (Wildman–Crippen LogP) is -0.107. The Morgan fingerprint density at radius 1 is 1.29 bits per heavy atom. The van der Waals surface area contributed by atoms with Gasteiger partial charge in [-0.3, -0.25) is 4.79 Å². The lowest BCUT2D eigenvalue weighted by Crippen LogP contribution is -2.48. The summed E-state index contributed by atoms with van der Waals surface area (Å²) in [7, 11) is 0. The van der Waals surface area contributed by atoms with Gasteiger partial charge in [0.1, 0.15) is 0 Å². The number of amides is 1. The first-order valence-electron chi connectivity index (χ1n) is 5.45. The third-order valence-corrected chi connectivity index (χ3v) is 2.77. The third kappa shape index (κ3) is 2.35. The van der Waals surface area contributed by atoms with Crippen molar-refractivity contribution in [2.24, 2.45) is 0 Å². The maximum Gasteiger partial charge on any atom is 0.246 e. The van der Waals surface area contributed by atoms with Crippen molar-refractivity contribution in [2.45, 2.75) is 0 Å². The van der Waals surface area contributed by atoms with Crippen molar-refractivity contribution >= 4 is 17.5 Å². The Bertz CT molecular complexity index is 426. The molecule has 1 aromatic rings. The highest BCUT2D eigenvalue weighted by molar-refractivity contribution is 5.87. The average molecular weight is 233 g/mol. The van der Waals surface area contributed by atoms with Crippen LogP contribution in [0, 0.1) is 0 Å². The fourth-order valence-corrected chi connectivity index (χ4v) is 1.85. The van der Waals surface area contributed by atoms with Crippen LogP contribution >= 0.6 is 0 Å². The van der Waals surface area contributed by atoms with Crippen LogP contribution in [0.3, 0.4) is 0 Å². The SMILES string of the molecule is C=CC(=O)N1CCN(c2nccnc2N)CC1. The molecule has 90 valence electrons. The molecule has 1 aromatic heterocycles. The van der Waals surface area contributed by atoms with Crippen LogP contribution in [0.25, 0.3) is 0 Å². The van der Waals surface area contributed by atoms with Gasteiger partial charge in [-0.15, -0.1) is 0 Å². The number of nitrogens with zero attached hydrogens (tertiary/aromatic N) is 4. The van der Waals surface area contributed by atoms with Gasteiger partial charge in [-0.2, -0.15) is 0 Å². The van der Waals surface area contributed by atoms with Gasteiger partial charge < -0.3 is 15.5 Å². The van der Waals surface area contributed by atoms with E-state index in [1.807, 2.05) is 4.90 Å². The summed E-state index contributed by atoms with van der Waals surface area (Å²) >= 11 is 0. The van der Waals surface area contributed by atoms with Crippen LogP contribution in [-0.4, -0.2) is 47.0 Å². The molecule has 1 saturated heterocycles. The van der Waals surface area contributed by atoms with Crippen molar-refractivity contribution in [1.82, 2.24) is 14.9 Å². The first-order valence-corrected chi connectivity index (χ1v) is 5.45. The van der Waals surface area contributed by atoms with E-state index in [2.05, 4.69) is 16.5 Å². The summed E-state index contributed by atoms with van der Waals surface area (Å²) in [5.41, 5.74) is 5.76. The van der Waals surface area contributed by atoms with Crippen LogP contribution in [-0.2, 0) is 4.79 Å². The fraction of sp³-hybridized carbons (Fsp3) is 0.364. The molecule has 2 heterocycles. The predicted molar refractivity (Wildman–Crippen MR) is 65.4 cm³/mol. The van der Waals surface area contributed by atoms with Gasteiger partial charge in [-0.05, 0) is 6.08 Å². The smallest absolute Gasteiger partial charge is 0.246 e. The molecule has 0 spiro atoms. The summed E-state index contributed by atoms with van der Waals surface area (Å²) < 4.78 is 0. The molecule has 2 rings (SSSR count). The highest BCUT2D eigenvalue weighted by atomic mass is 16.2. The standard InChI is InChI=1S/C11H15N5O/c1-2-9(17)15-5-7-16(8-6-15)11-10(12)13-3-4-14-11/h2-4H,1,5-8H2,(H2,12,13). The van der Waals surface area contributed by atoms with Gasteiger partial charge in [0, 0.05) is 38.6 Å². The first kappa shape index (κ1) is 11.4. The second-order valence-electron chi connectivity index (χ2n) is 3.78. The quantitative estimate of drug-likeness (QED) is 0.721. The average Bonchev–Trinajstić information content (AvgIpc) is 2.39. The number of carbonyl (C=O) groups is 1. The van der Waals surface area contributed by atoms with Crippen LogP contribution in [0.2, 0.25) is 0 Å². The molecule has 0 unspecified atom stereocenters. The molecule has 2 N–H and O–H groups in total. The maximum atomic E-state index is 11.4. The number of nitrogen functional groups attached to an aromatic ring is 1. The number of rotatable bonds is 2. The summed E-state index contributed by atoms with van der Waals surface area (Å²) in [5.74, 6) is 1.09. The molecule has 6 heteroatoms. The highest BCUT2D eigenvalue weighted by Gasteiger charge is 2.21. The third-order valence-electron chi connectivity index (χ3n) is 2.77. The van der Waals surface area contributed by atoms with Crippen molar-refractivity contribution < 1.29 is 4.79 Å². The normalized spacial score (nSPS) is 15.8. The van der Waals surface area contributed by atoms with Gasteiger partial charge >= 0.3 is 0 Å². The van der Waals surface area contributed by atoms with Crippen molar-refractivity contribution in [3.05, 3.63) is 25.0 Å². The largest absolute Gasteiger partial charge is 0.381 e. The van der Waals surface area contributed by atoms with E-state index in [1.54, 1.807) is 17.3 Å². The van der Waals surface area contributed by atoms with Crippen LogP contribution in [0.4, 0.5) is 11.6 Å². The molecule has 1 fully saturated rings. The Hall–Kier alpha value is -2.11. The zero-order valence-corrected chi connectivity index (χ0v) is 9.54. The molecule has 0 bridgehead atoms. The van der Waals surface area contributed by atoms with Gasteiger partial charge in [0.15, 0.2) is 11.6 Å². The number of carbonyl (C=O) groups excluding carboxylic acids is 1. The zero-order chi connectivity index (χ0) is 12.3. The summed E-state index contributed by atoms with van der Waals surface area (Å²) in [6.45, 7) is 6.21. The fourth-order valence-electron chi connectivity index (χ4n) is 1.85. The first-order chi connectivity index (χ1) is 8.22. The number of nitrogens with two attached hydrogens (primary N) is 1. The Morgan fingerprint density at radius 3 is 2.53 bits per heavy atom. The van der Waals surface area contributed by atoms with Crippen molar-refractivity contribution in [2.75, 3.05) is 36.8 Å². The Labute approximate surface area is 99.8 Å². The zero-order valence-electron chi connectivity index (χ0n) is 9.54. The number of aromatic nitrogens is 2. The summed E-state index contributed by atoms with van der Waals surface area (Å²) in [6.07, 6.45) is 4.52. The second kappa shape index (κ2) is 4.82. The minimum Gasteiger partial charge on any atom is -0.381 e. The molecule has 0 atom stereocenters. The number of piperazine rings is 1. The summed E-state index contributed by atoms with van der Waals surface area (Å²) in [5, 5.41) is 0. The number of hydrogen-bond donors (Lipinski definition) is 1. The van der Waals surface area contributed by atoms with E-state index in [1.165, 1.54) is 6.08 Å². The van der Waals surface area contributed by atoms with Crippen molar-refractivity contribution in [1.29, 1.82) is 0 Å². The van der Waals surface area contributed by atoms with Crippen LogP contribution in [0.15, 0.2) is 25.0 Å². The Balaban J connectivity index is 2.02. The number of hydrogen-bond acceptors (Lipinski definition) is 5. The van der Waals surface area contributed by atoms with E-state index >= 15 is 0 Å². The lowest BCUT2D eigenvalue weighted by Gasteiger charge is -2.35. The van der Waals surface area contributed by atoms with Gasteiger partial charge in [-0.25, -0.2) is 9.97 Å². The minimum absolute atomic E-state index is 0.0308.